The van der Waals surface area contributed by atoms with E-state index in [9.17, 15) is 9.59 Å². The molecule has 17 heavy (non-hydrogen) atoms. The predicted octanol–water partition coefficient (Wildman–Crippen LogP) is -0.522. The minimum absolute atomic E-state index is 0.465. The molecule has 0 unspecified atom stereocenters. The van der Waals surface area contributed by atoms with Gasteiger partial charge in [0.05, 0.1) is 0 Å². The van der Waals surface area contributed by atoms with Gasteiger partial charge in [0.25, 0.3) is 0 Å². The van der Waals surface area contributed by atoms with Gasteiger partial charge in [-0.05, 0) is 26.7 Å². The van der Waals surface area contributed by atoms with Crippen LogP contribution in [0.4, 0.5) is 0 Å². The fourth-order valence-electron chi connectivity index (χ4n) is 1.18. The summed E-state index contributed by atoms with van der Waals surface area (Å²) < 4.78 is 0. The number of nitrogens with zero attached hydrogens (tertiary/aromatic N) is 1. The zero-order valence-electron chi connectivity index (χ0n) is 10.2. The highest BCUT2D eigenvalue weighted by Gasteiger charge is 2.17. The van der Waals surface area contributed by atoms with E-state index >= 15 is 0 Å². The minimum Gasteiger partial charge on any atom is -0.480 e. The summed E-state index contributed by atoms with van der Waals surface area (Å²) in [6.45, 7) is 5.01. The number of aliphatic carboxylic acids is 2. The lowest BCUT2D eigenvalue weighted by Crippen LogP contribution is -2.45. The second kappa shape index (κ2) is 7.99. The van der Waals surface area contributed by atoms with E-state index in [1.54, 1.807) is 6.92 Å². The van der Waals surface area contributed by atoms with Crippen molar-refractivity contribution in [3.05, 3.63) is 0 Å². The number of carboxylic acid groups (broad SMARTS) is 2. The van der Waals surface area contributed by atoms with E-state index in [-0.39, 0.29) is 0 Å². The predicted molar refractivity (Wildman–Crippen MR) is 62.3 cm³/mol. The number of carboxylic acids is 2. The lowest BCUT2D eigenvalue weighted by molar-refractivity contribution is -0.140. The Morgan fingerprint density at radius 2 is 1.59 bits per heavy atom. The van der Waals surface area contributed by atoms with E-state index in [0.29, 0.717) is 0 Å². The maximum absolute atomic E-state index is 10.4. The van der Waals surface area contributed by atoms with Crippen LogP contribution in [0.25, 0.3) is 0 Å². The van der Waals surface area contributed by atoms with Gasteiger partial charge in [0.15, 0.2) is 0 Å². The second-order valence-corrected chi connectivity index (χ2v) is 4.01. The molecule has 0 spiro atoms. The van der Waals surface area contributed by atoms with Crippen LogP contribution in [-0.2, 0) is 9.59 Å². The molecule has 0 bridgehead atoms. The third kappa shape index (κ3) is 7.67. The highest BCUT2D eigenvalue weighted by atomic mass is 16.4. The molecule has 0 amide bonds. The van der Waals surface area contributed by atoms with E-state index in [4.69, 9.17) is 15.9 Å². The molecule has 7 heteroatoms. The first-order valence-electron chi connectivity index (χ1n) is 5.57. The Balaban J connectivity index is 0.000000366. The van der Waals surface area contributed by atoms with Crippen LogP contribution in [0.2, 0.25) is 0 Å². The van der Waals surface area contributed by atoms with Gasteiger partial charge in [-0.15, -0.1) is 0 Å². The average molecular weight is 247 g/mol. The van der Waals surface area contributed by atoms with Crippen molar-refractivity contribution in [2.45, 2.75) is 38.8 Å². The number of hydrazine groups is 1. The number of nitrogens with one attached hydrogen (secondary N) is 1. The van der Waals surface area contributed by atoms with E-state index in [2.05, 4.69) is 5.43 Å². The van der Waals surface area contributed by atoms with Crippen LogP contribution in [0, 0.1) is 0 Å². The summed E-state index contributed by atoms with van der Waals surface area (Å²) in [7, 11) is 0. The zero-order chi connectivity index (χ0) is 13.4. The molecule has 0 aromatic carbocycles. The summed E-state index contributed by atoms with van der Waals surface area (Å²) in [4.78, 5) is 20.0. The Kier molecular flexibility index (Phi) is 7.44. The molecule has 7 nitrogen and oxygen atoms in total. The van der Waals surface area contributed by atoms with E-state index in [1.165, 1.54) is 19.8 Å². The maximum Gasteiger partial charge on any atom is 0.321 e. The van der Waals surface area contributed by atoms with Gasteiger partial charge in [-0.2, -0.15) is 0 Å². The molecule has 0 aromatic heterocycles. The van der Waals surface area contributed by atoms with Crippen molar-refractivity contribution in [3.8, 4) is 0 Å². The average Bonchev–Trinajstić information content (AvgIpc) is 2.71. The van der Waals surface area contributed by atoms with Gasteiger partial charge in [-0.25, -0.2) is 10.4 Å². The number of carbonyl (C=O) groups is 2. The Morgan fingerprint density at radius 3 is 1.88 bits per heavy atom. The molecule has 1 rings (SSSR count). The van der Waals surface area contributed by atoms with Gasteiger partial charge in [0, 0.05) is 13.1 Å². The number of rotatable bonds is 4. The number of nitrogens with two attached hydrogens (primary N) is 1. The van der Waals surface area contributed by atoms with Crippen molar-refractivity contribution in [2.24, 2.45) is 5.73 Å². The number of hydrogen-bond donors (Lipinski definition) is 4. The van der Waals surface area contributed by atoms with Gasteiger partial charge in [-0.1, -0.05) is 0 Å². The monoisotopic (exact) mass is 247 g/mol. The van der Waals surface area contributed by atoms with Crippen LogP contribution in [0.15, 0.2) is 0 Å². The summed E-state index contributed by atoms with van der Waals surface area (Å²) in [5, 5.41) is 18.4. The molecule has 0 saturated carbocycles. The lowest BCUT2D eigenvalue weighted by atomic mass is 10.4. The summed E-state index contributed by atoms with van der Waals surface area (Å²) >= 11 is 0. The zero-order valence-corrected chi connectivity index (χ0v) is 10.2. The quantitative estimate of drug-likeness (QED) is 0.528. The third-order valence-corrected chi connectivity index (χ3v) is 2.24. The molecule has 1 heterocycles. The summed E-state index contributed by atoms with van der Waals surface area (Å²) in [5.41, 5.74) is 7.75. The number of hydrogen-bond acceptors (Lipinski definition) is 5. The SMILES string of the molecule is C[C@H](N)C(=O)O.C[C@H](NN1CCCC1)C(=O)O. The van der Waals surface area contributed by atoms with Crippen LogP contribution < -0.4 is 11.2 Å². The third-order valence-electron chi connectivity index (χ3n) is 2.24. The van der Waals surface area contributed by atoms with Crippen molar-refractivity contribution in [1.29, 1.82) is 0 Å². The van der Waals surface area contributed by atoms with Crippen LogP contribution >= 0.6 is 0 Å². The van der Waals surface area contributed by atoms with Gasteiger partial charge in [-0.3, -0.25) is 9.59 Å². The molecule has 1 aliphatic heterocycles. The Bertz CT molecular complexity index is 252. The Labute approximate surface area is 101 Å². The topological polar surface area (TPSA) is 116 Å². The lowest BCUT2D eigenvalue weighted by Gasteiger charge is -2.19. The summed E-state index contributed by atoms with van der Waals surface area (Å²) in [6.07, 6.45) is 2.33. The summed E-state index contributed by atoms with van der Waals surface area (Å²) in [5.74, 6) is -1.76. The largest absolute Gasteiger partial charge is 0.480 e. The molecular formula is C10H21N3O4. The first-order chi connectivity index (χ1) is 7.84. The summed E-state index contributed by atoms with van der Waals surface area (Å²) in [6, 6.07) is -1.20. The van der Waals surface area contributed by atoms with E-state index < -0.39 is 24.0 Å². The van der Waals surface area contributed by atoms with Gasteiger partial charge in [0.2, 0.25) is 0 Å². The van der Waals surface area contributed by atoms with E-state index in [0.717, 1.165) is 13.1 Å². The first-order valence-corrected chi connectivity index (χ1v) is 5.57. The molecule has 100 valence electrons. The van der Waals surface area contributed by atoms with Gasteiger partial charge < -0.3 is 15.9 Å². The van der Waals surface area contributed by atoms with Crippen molar-refractivity contribution in [1.82, 2.24) is 10.4 Å². The fraction of sp³-hybridized carbons (Fsp3) is 0.800. The van der Waals surface area contributed by atoms with Crippen LogP contribution in [0.3, 0.4) is 0 Å². The van der Waals surface area contributed by atoms with Gasteiger partial charge in [0.1, 0.15) is 12.1 Å². The first kappa shape index (κ1) is 15.8. The van der Waals surface area contributed by atoms with Crippen LogP contribution in [-0.4, -0.2) is 52.3 Å². The molecular weight excluding hydrogens is 226 g/mol. The molecule has 1 aliphatic rings. The second-order valence-electron chi connectivity index (χ2n) is 4.01. The molecule has 5 N–H and O–H groups in total. The van der Waals surface area contributed by atoms with Crippen molar-refractivity contribution in [3.63, 3.8) is 0 Å². The van der Waals surface area contributed by atoms with E-state index in [1.807, 2.05) is 5.01 Å². The van der Waals surface area contributed by atoms with Gasteiger partial charge >= 0.3 is 11.9 Å². The van der Waals surface area contributed by atoms with Crippen molar-refractivity contribution >= 4 is 11.9 Å². The normalized spacial score (nSPS) is 19.0. The van der Waals surface area contributed by atoms with Crippen LogP contribution in [0.5, 0.6) is 0 Å². The van der Waals surface area contributed by atoms with Crippen molar-refractivity contribution in [2.75, 3.05) is 13.1 Å². The smallest absolute Gasteiger partial charge is 0.321 e. The Hall–Kier alpha value is -1.18. The van der Waals surface area contributed by atoms with Crippen molar-refractivity contribution < 1.29 is 19.8 Å². The standard InChI is InChI=1S/C7H14N2O2.C3H7NO2/c1-6(7(10)11)8-9-4-2-3-5-9;1-2(4)3(5)6/h6,8H,2-5H2,1H3,(H,10,11);2H,4H2,1H3,(H,5,6)/t6-;2-/m00/s1. The maximum atomic E-state index is 10.4. The molecule has 1 saturated heterocycles. The molecule has 0 aromatic rings. The molecule has 0 radical (unpaired) electrons. The highest BCUT2D eigenvalue weighted by Crippen LogP contribution is 2.04. The van der Waals surface area contributed by atoms with Crippen LogP contribution in [0.1, 0.15) is 26.7 Å². The minimum atomic E-state index is -0.963. The molecule has 0 aliphatic carbocycles. The molecule has 2 atom stereocenters. The molecule has 1 fully saturated rings. The Morgan fingerprint density at radius 1 is 1.18 bits per heavy atom. The highest BCUT2D eigenvalue weighted by molar-refractivity contribution is 5.72. The fourth-order valence-corrected chi connectivity index (χ4v) is 1.18.